The summed E-state index contributed by atoms with van der Waals surface area (Å²) in [6, 6.07) is 65.7. The summed E-state index contributed by atoms with van der Waals surface area (Å²) in [5, 5.41) is 8.86. The van der Waals surface area contributed by atoms with E-state index in [-0.39, 0.29) is 0 Å². The highest BCUT2D eigenvalue weighted by Gasteiger charge is 2.22. The minimum Gasteiger partial charge on any atom is -0.455 e. The maximum absolute atomic E-state index is 6.71. The molecule has 0 aliphatic rings. The second-order valence-electron chi connectivity index (χ2n) is 14.0. The zero-order chi connectivity index (χ0) is 36.3. The van der Waals surface area contributed by atoms with Crippen LogP contribution in [0.15, 0.2) is 192 Å². The zero-order valence-corrected chi connectivity index (χ0v) is 29.6. The summed E-state index contributed by atoms with van der Waals surface area (Å²) < 4.78 is 6.71. The molecule has 0 atom stereocenters. The van der Waals surface area contributed by atoms with E-state index in [4.69, 9.17) is 19.4 Å². The van der Waals surface area contributed by atoms with Gasteiger partial charge in [0.25, 0.3) is 0 Å². The quantitative estimate of drug-likeness (QED) is 0.179. The van der Waals surface area contributed by atoms with Crippen molar-refractivity contribution >= 4 is 54.3 Å². The van der Waals surface area contributed by atoms with Crippen LogP contribution >= 0.6 is 0 Å². The van der Waals surface area contributed by atoms with Gasteiger partial charge in [-0.15, -0.1) is 0 Å². The fraction of sp³-hybridized carbons (Fsp3) is 0. The van der Waals surface area contributed by atoms with E-state index in [0.717, 1.165) is 71.5 Å². The molecule has 0 fully saturated rings. The largest absolute Gasteiger partial charge is 0.455 e. The molecule has 0 aliphatic carbocycles. The van der Waals surface area contributed by atoms with E-state index in [1.54, 1.807) is 0 Å². The van der Waals surface area contributed by atoms with Gasteiger partial charge in [-0.25, -0.2) is 15.0 Å². The van der Waals surface area contributed by atoms with Crippen LogP contribution in [0.5, 0.6) is 0 Å². The number of nitrogens with zero attached hydrogens (tertiary/aromatic N) is 3. The van der Waals surface area contributed by atoms with Gasteiger partial charge in [0.1, 0.15) is 11.2 Å². The average molecular weight is 702 g/mol. The first-order chi connectivity index (χ1) is 27.2. The number of hydrogen-bond donors (Lipinski definition) is 0. The SMILES string of the molecule is c1ccc(-c2cccc3c2cc(-c2nc(-c4ccc(-c5cccc6ccccc56)cc4)nc(-c4ccc5ccccc5c4)n2)c2c4ccccc4oc32)cc1. The van der Waals surface area contributed by atoms with E-state index in [0.29, 0.717) is 17.5 Å². The lowest BCUT2D eigenvalue weighted by Gasteiger charge is -2.13. The molecule has 4 nitrogen and oxygen atoms in total. The van der Waals surface area contributed by atoms with Gasteiger partial charge in [0.05, 0.1) is 0 Å². The van der Waals surface area contributed by atoms with E-state index >= 15 is 0 Å². The summed E-state index contributed by atoms with van der Waals surface area (Å²) >= 11 is 0. The van der Waals surface area contributed by atoms with Gasteiger partial charge >= 0.3 is 0 Å². The number of aromatic nitrogens is 3. The van der Waals surface area contributed by atoms with Crippen molar-refractivity contribution in [1.82, 2.24) is 15.0 Å². The summed E-state index contributed by atoms with van der Waals surface area (Å²) in [6.07, 6.45) is 0. The first kappa shape index (κ1) is 31.1. The summed E-state index contributed by atoms with van der Waals surface area (Å²) in [6.45, 7) is 0. The van der Waals surface area contributed by atoms with Crippen molar-refractivity contribution in [1.29, 1.82) is 0 Å². The second-order valence-corrected chi connectivity index (χ2v) is 14.0. The van der Waals surface area contributed by atoms with Crippen molar-refractivity contribution in [2.75, 3.05) is 0 Å². The minimum absolute atomic E-state index is 0.590. The molecule has 2 aromatic heterocycles. The molecule has 11 aromatic rings. The summed E-state index contributed by atoms with van der Waals surface area (Å²) in [5.74, 6) is 1.81. The molecule has 0 N–H and O–H groups in total. The Balaban J connectivity index is 1.17. The lowest BCUT2D eigenvalue weighted by molar-refractivity contribution is 0.672. The molecule has 0 radical (unpaired) electrons. The first-order valence-corrected chi connectivity index (χ1v) is 18.5. The summed E-state index contributed by atoms with van der Waals surface area (Å²) in [7, 11) is 0. The minimum atomic E-state index is 0.590. The molecule has 9 aromatic carbocycles. The second kappa shape index (κ2) is 12.6. The fourth-order valence-corrected chi connectivity index (χ4v) is 8.04. The molecule has 0 aliphatic heterocycles. The topological polar surface area (TPSA) is 51.8 Å². The maximum atomic E-state index is 6.71. The van der Waals surface area contributed by atoms with E-state index in [2.05, 4.69) is 170 Å². The Bertz CT molecular complexity index is 3250. The number of fused-ring (bicyclic) bond motifs is 7. The lowest BCUT2D eigenvalue weighted by Crippen LogP contribution is -2.01. The van der Waals surface area contributed by atoms with Gasteiger partial charge in [0.2, 0.25) is 0 Å². The molecular weight excluding hydrogens is 671 g/mol. The number of rotatable bonds is 5. The van der Waals surface area contributed by atoms with Crippen molar-refractivity contribution in [2.45, 2.75) is 0 Å². The highest BCUT2D eigenvalue weighted by atomic mass is 16.3. The van der Waals surface area contributed by atoms with Crippen LogP contribution in [-0.2, 0) is 0 Å². The molecule has 0 spiro atoms. The van der Waals surface area contributed by atoms with Gasteiger partial charge in [-0.05, 0) is 67.4 Å². The smallest absolute Gasteiger partial charge is 0.164 e. The molecule has 2 heterocycles. The molecule has 55 heavy (non-hydrogen) atoms. The maximum Gasteiger partial charge on any atom is 0.164 e. The summed E-state index contributed by atoms with van der Waals surface area (Å²) in [4.78, 5) is 15.8. The third-order valence-electron chi connectivity index (χ3n) is 10.7. The number of benzene rings is 9. The monoisotopic (exact) mass is 701 g/mol. The van der Waals surface area contributed by atoms with Crippen molar-refractivity contribution in [3.8, 4) is 56.4 Å². The predicted octanol–water partition coefficient (Wildman–Crippen LogP) is 13.6. The molecular formula is C51H31N3O. The Morgan fingerprint density at radius 1 is 0.309 bits per heavy atom. The molecule has 0 saturated carbocycles. The van der Waals surface area contributed by atoms with Crippen molar-refractivity contribution in [3.05, 3.63) is 188 Å². The Morgan fingerprint density at radius 2 is 0.873 bits per heavy atom. The predicted molar refractivity (Wildman–Crippen MR) is 227 cm³/mol. The van der Waals surface area contributed by atoms with Crippen LogP contribution in [0.25, 0.3) is 111 Å². The highest BCUT2D eigenvalue weighted by Crippen LogP contribution is 2.43. The third-order valence-corrected chi connectivity index (χ3v) is 10.7. The fourth-order valence-electron chi connectivity index (χ4n) is 8.04. The van der Waals surface area contributed by atoms with Gasteiger partial charge < -0.3 is 4.42 Å². The lowest BCUT2D eigenvalue weighted by atomic mass is 9.93. The Kier molecular flexibility index (Phi) is 7.14. The van der Waals surface area contributed by atoms with Crippen LogP contribution < -0.4 is 0 Å². The van der Waals surface area contributed by atoms with Gasteiger partial charge in [0.15, 0.2) is 17.5 Å². The molecule has 0 bridgehead atoms. The number of para-hydroxylation sites is 1. The van der Waals surface area contributed by atoms with Gasteiger partial charge in [-0.1, -0.05) is 170 Å². The van der Waals surface area contributed by atoms with Crippen LogP contribution in [0.3, 0.4) is 0 Å². The van der Waals surface area contributed by atoms with E-state index in [1.807, 2.05) is 18.2 Å². The van der Waals surface area contributed by atoms with E-state index in [1.165, 1.54) is 21.7 Å². The molecule has 256 valence electrons. The van der Waals surface area contributed by atoms with Gasteiger partial charge in [0, 0.05) is 32.8 Å². The molecule has 0 saturated heterocycles. The van der Waals surface area contributed by atoms with Gasteiger partial charge in [-0.3, -0.25) is 0 Å². The normalized spacial score (nSPS) is 11.6. The number of furan rings is 1. The van der Waals surface area contributed by atoms with E-state index in [9.17, 15) is 0 Å². The molecule has 4 heteroatoms. The van der Waals surface area contributed by atoms with Crippen LogP contribution in [0.1, 0.15) is 0 Å². The standard InChI is InChI=1S/C51H31N3O/c1-2-13-33(14-3-1)41-21-11-22-42-44(41)31-45(47-43-19-8-9-23-46(43)55-48(42)47)51-53-49(52-50(54-51)38-29-24-32-12-4-5-16-37(32)30-38)36-27-25-35(26-28-36)40-20-10-17-34-15-6-7-18-39(34)40/h1-31H. The number of hydrogen-bond acceptors (Lipinski definition) is 4. The Labute approximate surface area is 317 Å². The molecule has 11 rings (SSSR count). The van der Waals surface area contributed by atoms with Crippen molar-refractivity contribution < 1.29 is 4.42 Å². The Morgan fingerprint density at radius 3 is 1.71 bits per heavy atom. The highest BCUT2D eigenvalue weighted by molar-refractivity contribution is 6.22. The molecule has 0 amide bonds. The van der Waals surface area contributed by atoms with Crippen molar-refractivity contribution in [3.63, 3.8) is 0 Å². The summed E-state index contributed by atoms with van der Waals surface area (Å²) in [5.41, 5.74) is 8.96. The van der Waals surface area contributed by atoms with Crippen molar-refractivity contribution in [2.24, 2.45) is 0 Å². The van der Waals surface area contributed by atoms with Crippen LogP contribution in [0, 0.1) is 0 Å². The molecule has 0 unspecified atom stereocenters. The Hall–Kier alpha value is -7.43. The average Bonchev–Trinajstić information content (AvgIpc) is 3.66. The van der Waals surface area contributed by atoms with Crippen LogP contribution in [0.2, 0.25) is 0 Å². The first-order valence-electron chi connectivity index (χ1n) is 18.5. The van der Waals surface area contributed by atoms with Crippen LogP contribution in [0.4, 0.5) is 0 Å². The van der Waals surface area contributed by atoms with E-state index < -0.39 is 0 Å². The third kappa shape index (κ3) is 5.26. The van der Waals surface area contributed by atoms with Gasteiger partial charge in [-0.2, -0.15) is 0 Å². The van der Waals surface area contributed by atoms with Crippen LogP contribution in [-0.4, -0.2) is 15.0 Å². The zero-order valence-electron chi connectivity index (χ0n) is 29.6.